The number of likely N-dealkylation sites (tertiary alicyclic amines) is 1. The van der Waals surface area contributed by atoms with Crippen molar-refractivity contribution in [3.8, 4) is 0 Å². The van der Waals surface area contributed by atoms with Gasteiger partial charge in [0, 0.05) is 38.8 Å². The van der Waals surface area contributed by atoms with Gasteiger partial charge < -0.3 is 20.3 Å². The highest BCUT2D eigenvalue weighted by Gasteiger charge is 2.27. The van der Waals surface area contributed by atoms with Crippen LogP contribution in [0.4, 0.5) is 4.79 Å². The number of amides is 1. The molecule has 1 unspecified atom stereocenters. The third-order valence-corrected chi connectivity index (χ3v) is 4.52. The van der Waals surface area contributed by atoms with Crippen molar-refractivity contribution in [3.05, 3.63) is 30.2 Å². The van der Waals surface area contributed by atoms with E-state index < -0.39 is 5.60 Å². The molecule has 29 heavy (non-hydrogen) atoms. The first kappa shape index (κ1) is 20.9. The predicted molar refractivity (Wildman–Crippen MR) is 112 cm³/mol. The number of pyridine rings is 1. The smallest absolute Gasteiger partial charge is 0.407 e. The maximum absolute atomic E-state index is 12.0. The van der Waals surface area contributed by atoms with Crippen LogP contribution < -0.4 is 10.6 Å². The summed E-state index contributed by atoms with van der Waals surface area (Å²) < 4.78 is 7.34. The SMILES string of the molecule is CCNC(=NCCc1nnc2ccccn12)N1CCC(NC(=O)OC(C)(C)C)C1. The average Bonchev–Trinajstić information content (AvgIpc) is 3.27. The van der Waals surface area contributed by atoms with Crippen molar-refractivity contribution >= 4 is 17.7 Å². The van der Waals surface area contributed by atoms with E-state index in [0.29, 0.717) is 19.5 Å². The minimum absolute atomic E-state index is 0.0501. The first-order valence-corrected chi connectivity index (χ1v) is 10.2. The lowest BCUT2D eigenvalue weighted by atomic mass is 10.2. The van der Waals surface area contributed by atoms with E-state index in [0.717, 1.165) is 36.9 Å². The number of carbonyl (C=O) groups excluding carboxylic acids is 1. The van der Waals surface area contributed by atoms with Crippen LogP contribution in [0.25, 0.3) is 5.65 Å². The largest absolute Gasteiger partial charge is 0.444 e. The first-order valence-electron chi connectivity index (χ1n) is 10.2. The number of ether oxygens (including phenoxy) is 1. The van der Waals surface area contributed by atoms with Crippen LogP contribution in [0.5, 0.6) is 0 Å². The highest BCUT2D eigenvalue weighted by atomic mass is 16.6. The van der Waals surface area contributed by atoms with Crippen molar-refractivity contribution in [1.29, 1.82) is 0 Å². The summed E-state index contributed by atoms with van der Waals surface area (Å²) in [6.07, 6.45) is 3.16. The van der Waals surface area contributed by atoms with E-state index in [9.17, 15) is 4.79 Å². The third kappa shape index (κ3) is 5.82. The summed E-state index contributed by atoms with van der Waals surface area (Å²) in [6.45, 7) is 10.6. The first-order chi connectivity index (χ1) is 13.9. The molecule has 0 saturated carbocycles. The molecule has 158 valence electrons. The second kappa shape index (κ2) is 9.11. The molecule has 1 fully saturated rings. The van der Waals surface area contributed by atoms with Crippen molar-refractivity contribution in [1.82, 2.24) is 30.1 Å². The molecule has 3 heterocycles. The van der Waals surface area contributed by atoms with Gasteiger partial charge in [-0.3, -0.25) is 9.39 Å². The number of nitrogens with zero attached hydrogens (tertiary/aromatic N) is 5. The molecule has 1 amide bonds. The molecular weight excluding hydrogens is 370 g/mol. The van der Waals surface area contributed by atoms with Crippen LogP contribution in [0, 0.1) is 0 Å². The van der Waals surface area contributed by atoms with Crippen LogP contribution >= 0.6 is 0 Å². The standard InChI is InChI=1S/C20H31N7O2/c1-5-21-18(22-11-9-17-25-24-16-8-6-7-12-27(16)17)26-13-10-15(14-26)23-19(28)29-20(2,3)4/h6-8,12,15H,5,9-11,13-14H2,1-4H3,(H,21,22)(H,23,28). The second-order valence-electron chi connectivity index (χ2n) is 8.11. The van der Waals surface area contributed by atoms with E-state index in [4.69, 9.17) is 9.73 Å². The molecule has 0 radical (unpaired) electrons. The zero-order valence-corrected chi connectivity index (χ0v) is 17.7. The molecule has 3 rings (SSSR count). The van der Waals surface area contributed by atoms with Gasteiger partial charge in [0.15, 0.2) is 11.6 Å². The summed E-state index contributed by atoms with van der Waals surface area (Å²) in [6, 6.07) is 5.90. The average molecular weight is 402 g/mol. The number of rotatable bonds is 5. The highest BCUT2D eigenvalue weighted by molar-refractivity contribution is 5.80. The Morgan fingerprint density at radius 1 is 1.34 bits per heavy atom. The van der Waals surface area contributed by atoms with Crippen LogP contribution in [-0.4, -0.2) is 69.4 Å². The molecule has 2 aromatic rings. The number of guanidine groups is 1. The summed E-state index contributed by atoms with van der Waals surface area (Å²) in [5.74, 6) is 1.75. The molecular formula is C20H31N7O2. The Bertz CT molecular complexity index is 856. The number of aliphatic imine (C=N–C) groups is 1. The lowest BCUT2D eigenvalue weighted by molar-refractivity contribution is 0.0507. The minimum atomic E-state index is -0.495. The van der Waals surface area contributed by atoms with Crippen LogP contribution in [0.2, 0.25) is 0 Å². The van der Waals surface area contributed by atoms with Crippen molar-refractivity contribution in [2.45, 2.75) is 52.2 Å². The summed E-state index contributed by atoms with van der Waals surface area (Å²) in [5.41, 5.74) is 0.346. The molecule has 9 heteroatoms. The molecule has 2 N–H and O–H groups in total. The molecule has 1 atom stereocenters. The topological polar surface area (TPSA) is 96.1 Å². The van der Waals surface area contributed by atoms with Crippen LogP contribution in [0.3, 0.4) is 0 Å². The van der Waals surface area contributed by atoms with Gasteiger partial charge in [-0.15, -0.1) is 10.2 Å². The Labute approximate surface area is 171 Å². The Hall–Kier alpha value is -2.84. The van der Waals surface area contributed by atoms with Gasteiger partial charge in [-0.05, 0) is 46.2 Å². The van der Waals surface area contributed by atoms with Crippen molar-refractivity contribution in [3.63, 3.8) is 0 Å². The lowest BCUT2D eigenvalue weighted by Gasteiger charge is -2.23. The Morgan fingerprint density at radius 2 is 2.17 bits per heavy atom. The third-order valence-electron chi connectivity index (χ3n) is 4.52. The maximum Gasteiger partial charge on any atom is 0.407 e. The van der Waals surface area contributed by atoms with Crippen molar-refractivity contribution in [2.75, 3.05) is 26.2 Å². The molecule has 1 saturated heterocycles. The van der Waals surface area contributed by atoms with Gasteiger partial charge in [0.25, 0.3) is 0 Å². The maximum atomic E-state index is 12.0. The monoisotopic (exact) mass is 401 g/mol. The fraction of sp³-hybridized carbons (Fsp3) is 0.600. The molecule has 2 aromatic heterocycles. The predicted octanol–water partition coefficient (Wildman–Crippen LogP) is 1.84. The number of carbonyl (C=O) groups is 1. The lowest BCUT2D eigenvalue weighted by Crippen LogP contribution is -2.44. The number of aromatic nitrogens is 3. The normalized spacial score (nSPS) is 17.6. The van der Waals surface area contributed by atoms with Crippen LogP contribution in [0.1, 0.15) is 39.9 Å². The number of alkyl carbamates (subject to hydrolysis) is 1. The Morgan fingerprint density at radius 3 is 2.93 bits per heavy atom. The molecule has 0 aromatic carbocycles. The molecule has 9 nitrogen and oxygen atoms in total. The Kier molecular flexibility index (Phi) is 6.56. The van der Waals surface area contributed by atoms with Gasteiger partial charge in [0.1, 0.15) is 11.4 Å². The summed E-state index contributed by atoms with van der Waals surface area (Å²) >= 11 is 0. The molecule has 0 bridgehead atoms. The van der Waals surface area contributed by atoms with E-state index in [-0.39, 0.29) is 12.1 Å². The van der Waals surface area contributed by atoms with E-state index in [1.807, 2.05) is 56.5 Å². The van der Waals surface area contributed by atoms with Gasteiger partial charge >= 0.3 is 6.09 Å². The number of hydrogen-bond acceptors (Lipinski definition) is 5. The minimum Gasteiger partial charge on any atom is -0.444 e. The van der Waals surface area contributed by atoms with E-state index in [2.05, 4.69) is 25.7 Å². The fourth-order valence-corrected chi connectivity index (χ4v) is 3.29. The zero-order chi connectivity index (χ0) is 20.9. The summed E-state index contributed by atoms with van der Waals surface area (Å²) in [4.78, 5) is 18.9. The van der Waals surface area contributed by atoms with Crippen LogP contribution in [0.15, 0.2) is 29.4 Å². The number of hydrogen-bond donors (Lipinski definition) is 2. The van der Waals surface area contributed by atoms with Gasteiger partial charge in [-0.2, -0.15) is 0 Å². The number of fused-ring (bicyclic) bond motifs is 1. The Balaban J connectivity index is 1.56. The van der Waals surface area contributed by atoms with Gasteiger partial charge in [-0.1, -0.05) is 6.07 Å². The highest BCUT2D eigenvalue weighted by Crippen LogP contribution is 2.12. The summed E-state index contributed by atoms with van der Waals surface area (Å²) in [7, 11) is 0. The molecule has 1 aliphatic rings. The zero-order valence-electron chi connectivity index (χ0n) is 17.7. The van der Waals surface area contributed by atoms with Gasteiger partial charge in [0.2, 0.25) is 0 Å². The quantitative estimate of drug-likeness (QED) is 0.586. The van der Waals surface area contributed by atoms with Gasteiger partial charge in [0.05, 0.1) is 6.04 Å². The van der Waals surface area contributed by atoms with Crippen molar-refractivity contribution < 1.29 is 9.53 Å². The van der Waals surface area contributed by atoms with E-state index in [1.54, 1.807) is 0 Å². The second-order valence-corrected chi connectivity index (χ2v) is 8.11. The van der Waals surface area contributed by atoms with E-state index >= 15 is 0 Å². The number of nitrogens with one attached hydrogen (secondary N) is 2. The van der Waals surface area contributed by atoms with Crippen LogP contribution in [-0.2, 0) is 11.2 Å². The van der Waals surface area contributed by atoms with Gasteiger partial charge in [-0.25, -0.2) is 4.79 Å². The molecule has 0 aliphatic carbocycles. The molecule has 1 aliphatic heterocycles. The fourth-order valence-electron chi connectivity index (χ4n) is 3.29. The summed E-state index contributed by atoms with van der Waals surface area (Å²) in [5, 5.41) is 14.7. The van der Waals surface area contributed by atoms with E-state index in [1.165, 1.54) is 0 Å². The molecule has 0 spiro atoms. The van der Waals surface area contributed by atoms with Crippen molar-refractivity contribution in [2.24, 2.45) is 4.99 Å².